The third-order valence-electron chi connectivity index (χ3n) is 5.89. The first-order valence-electron chi connectivity index (χ1n) is 10.3. The van der Waals surface area contributed by atoms with E-state index in [1.807, 2.05) is 43.5 Å². The number of aromatic nitrogens is 2. The average Bonchev–Trinajstić information content (AvgIpc) is 3.03. The lowest BCUT2D eigenvalue weighted by atomic mass is 9.97. The number of nitrogens with zero attached hydrogens (tertiary/aromatic N) is 3. The second-order valence-corrected chi connectivity index (χ2v) is 7.83. The molecule has 1 fully saturated rings. The van der Waals surface area contributed by atoms with Crippen molar-refractivity contribution in [1.29, 1.82) is 0 Å². The van der Waals surface area contributed by atoms with Crippen molar-refractivity contribution in [3.05, 3.63) is 48.3 Å². The Balaban J connectivity index is 1.86. The maximum absolute atomic E-state index is 6.12. The molecule has 0 amide bonds. The van der Waals surface area contributed by atoms with Gasteiger partial charge < -0.3 is 14.9 Å². The normalized spacial score (nSPS) is 20.5. The molecule has 0 aliphatic carbocycles. The van der Waals surface area contributed by atoms with Crippen LogP contribution in [0.25, 0.3) is 16.9 Å². The van der Waals surface area contributed by atoms with Crippen molar-refractivity contribution < 1.29 is 4.74 Å². The number of likely N-dealkylation sites (tertiary alicyclic amines) is 1. The van der Waals surface area contributed by atoms with Crippen LogP contribution in [0.15, 0.2) is 42.6 Å². The molecule has 2 aromatic heterocycles. The predicted octanol–water partition coefficient (Wildman–Crippen LogP) is 4.75. The van der Waals surface area contributed by atoms with Crippen molar-refractivity contribution in [2.24, 2.45) is 0 Å². The van der Waals surface area contributed by atoms with E-state index in [9.17, 15) is 0 Å². The maximum atomic E-state index is 6.12. The second kappa shape index (κ2) is 7.84. The van der Waals surface area contributed by atoms with Crippen molar-refractivity contribution in [3.63, 3.8) is 0 Å². The number of hydrogen-bond acceptors (Lipinski definition) is 4. The molecule has 3 heterocycles. The Morgan fingerprint density at radius 2 is 1.86 bits per heavy atom. The molecular weight excluding hydrogens is 348 g/mol. The van der Waals surface area contributed by atoms with Crippen molar-refractivity contribution in [3.8, 4) is 17.0 Å². The number of nitrogen functional groups attached to an aromatic ring is 1. The summed E-state index contributed by atoms with van der Waals surface area (Å²) in [5, 5.41) is 0. The highest BCUT2D eigenvalue weighted by Crippen LogP contribution is 2.35. The smallest absolute Gasteiger partial charge is 0.137 e. The number of pyridine rings is 1. The molecule has 0 saturated carbocycles. The Hall–Kier alpha value is -2.53. The highest BCUT2D eigenvalue weighted by molar-refractivity contribution is 5.72. The lowest BCUT2D eigenvalue weighted by Gasteiger charge is -2.39. The molecule has 1 aliphatic rings. The van der Waals surface area contributed by atoms with Crippen LogP contribution >= 0.6 is 0 Å². The molecule has 1 aliphatic heterocycles. The van der Waals surface area contributed by atoms with Crippen LogP contribution in [0.1, 0.15) is 45.7 Å². The van der Waals surface area contributed by atoms with E-state index in [1.54, 1.807) is 0 Å². The van der Waals surface area contributed by atoms with Crippen LogP contribution in [0.3, 0.4) is 0 Å². The molecule has 2 atom stereocenters. The number of hydrogen-bond donors (Lipinski definition) is 1. The molecule has 0 radical (unpaired) electrons. The number of imidazole rings is 1. The number of anilines is 1. The van der Waals surface area contributed by atoms with E-state index in [1.165, 1.54) is 25.0 Å². The molecule has 2 unspecified atom stereocenters. The largest absolute Gasteiger partial charge is 0.493 e. The van der Waals surface area contributed by atoms with Crippen LogP contribution in [0, 0.1) is 0 Å². The van der Waals surface area contributed by atoms with Gasteiger partial charge >= 0.3 is 0 Å². The first-order valence-corrected chi connectivity index (χ1v) is 10.3. The highest BCUT2D eigenvalue weighted by atomic mass is 16.5. The van der Waals surface area contributed by atoms with Gasteiger partial charge in [0, 0.05) is 36.1 Å². The van der Waals surface area contributed by atoms with Gasteiger partial charge in [0.1, 0.15) is 11.4 Å². The number of benzene rings is 1. The zero-order chi connectivity index (χ0) is 19.7. The molecule has 1 saturated heterocycles. The SMILES string of the molecule is CCOc1ccccc1-c1nc2ccc(N)cn2c1CN1C(C)CCCC1C. The average molecular weight is 379 g/mol. The van der Waals surface area contributed by atoms with Crippen LogP contribution in [-0.4, -0.2) is 33.0 Å². The van der Waals surface area contributed by atoms with Gasteiger partial charge in [0.15, 0.2) is 0 Å². The standard InChI is InChI=1S/C23H30N4O/c1-4-28-21-11-6-5-10-19(21)23-20(15-26-16(2)8-7-9-17(26)3)27-14-18(24)12-13-22(27)25-23/h5-6,10-14,16-17H,4,7-9,15,24H2,1-3H3. The van der Waals surface area contributed by atoms with Crippen molar-refractivity contribution in [2.45, 2.75) is 58.7 Å². The van der Waals surface area contributed by atoms with Gasteiger partial charge in [0.05, 0.1) is 18.0 Å². The fraction of sp³-hybridized carbons (Fsp3) is 0.435. The third-order valence-corrected chi connectivity index (χ3v) is 5.89. The minimum atomic E-state index is 0.561. The van der Waals surface area contributed by atoms with Gasteiger partial charge in [-0.25, -0.2) is 4.98 Å². The molecule has 5 heteroatoms. The lowest BCUT2D eigenvalue weighted by Crippen LogP contribution is -2.43. The van der Waals surface area contributed by atoms with Crippen LogP contribution < -0.4 is 10.5 Å². The predicted molar refractivity (Wildman–Crippen MR) is 115 cm³/mol. The van der Waals surface area contributed by atoms with Crippen molar-refractivity contribution >= 4 is 11.3 Å². The zero-order valence-corrected chi connectivity index (χ0v) is 17.1. The number of rotatable bonds is 5. The zero-order valence-electron chi connectivity index (χ0n) is 17.1. The van der Waals surface area contributed by atoms with Crippen LogP contribution in [-0.2, 0) is 6.54 Å². The highest BCUT2D eigenvalue weighted by Gasteiger charge is 2.28. The maximum Gasteiger partial charge on any atom is 0.137 e. The molecule has 0 spiro atoms. The third kappa shape index (κ3) is 3.47. The molecule has 28 heavy (non-hydrogen) atoms. The van der Waals surface area contributed by atoms with Crippen LogP contribution in [0.2, 0.25) is 0 Å². The molecular formula is C23H30N4O. The second-order valence-electron chi connectivity index (χ2n) is 7.83. The summed E-state index contributed by atoms with van der Waals surface area (Å²) < 4.78 is 8.07. The summed E-state index contributed by atoms with van der Waals surface area (Å²) in [6.45, 7) is 8.16. The van der Waals surface area contributed by atoms with Gasteiger partial charge in [0.25, 0.3) is 0 Å². The van der Waals surface area contributed by atoms with Crippen LogP contribution in [0.4, 0.5) is 5.69 Å². The summed E-state index contributed by atoms with van der Waals surface area (Å²) in [5.41, 5.74) is 11.0. The summed E-state index contributed by atoms with van der Waals surface area (Å²) in [6.07, 6.45) is 5.78. The Morgan fingerprint density at radius 3 is 2.61 bits per heavy atom. The lowest BCUT2D eigenvalue weighted by molar-refractivity contribution is 0.0937. The first-order chi connectivity index (χ1) is 13.6. The summed E-state index contributed by atoms with van der Waals surface area (Å²) in [4.78, 5) is 7.58. The molecule has 2 N–H and O–H groups in total. The van der Waals surface area contributed by atoms with E-state index in [0.717, 1.165) is 34.9 Å². The monoisotopic (exact) mass is 378 g/mol. The molecule has 148 valence electrons. The van der Waals surface area contributed by atoms with Crippen molar-refractivity contribution in [1.82, 2.24) is 14.3 Å². The van der Waals surface area contributed by atoms with Gasteiger partial charge in [-0.15, -0.1) is 0 Å². The van der Waals surface area contributed by atoms with Gasteiger partial charge in [-0.05, 0) is 57.9 Å². The molecule has 4 rings (SSSR count). The van der Waals surface area contributed by atoms with Gasteiger partial charge in [0.2, 0.25) is 0 Å². The number of piperidine rings is 1. The van der Waals surface area contributed by atoms with E-state index in [0.29, 0.717) is 18.7 Å². The van der Waals surface area contributed by atoms with Crippen molar-refractivity contribution in [2.75, 3.05) is 12.3 Å². The number of ether oxygens (including phenoxy) is 1. The number of nitrogens with two attached hydrogens (primary N) is 1. The molecule has 5 nitrogen and oxygen atoms in total. The van der Waals surface area contributed by atoms with E-state index < -0.39 is 0 Å². The number of fused-ring (bicyclic) bond motifs is 1. The Bertz CT molecular complexity index is 954. The van der Waals surface area contributed by atoms with E-state index in [2.05, 4.69) is 29.2 Å². The van der Waals surface area contributed by atoms with Gasteiger partial charge in [-0.3, -0.25) is 4.90 Å². The molecule has 0 bridgehead atoms. The Morgan fingerprint density at radius 1 is 1.11 bits per heavy atom. The summed E-state index contributed by atoms with van der Waals surface area (Å²) >= 11 is 0. The van der Waals surface area contributed by atoms with E-state index >= 15 is 0 Å². The summed E-state index contributed by atoms with van der Waals surface area (Å²) in [7, 11) is 0. The Labute approximate surface area is 167 Å². The minimum absolute atomic E-state index is 0.561. The summed E-state index contributed by atoms with van der Waals surface area (Å²) in [6, 6.07) is 13.2. The quantitative estimate of drug-likeness (QED) is 0.696. The van der Waals surface area contributed by atoms with E-state index in [-0.39, 0.29) is 0 Å². The Kier molecular flexibility index (Phi) is 5.27. The fourth-order valence-corrected chi connectivity index (χ4v) is 4.38. The summed E-state index contributed by atoms with van der Waals surface area (Å²) in [5.74, 6) is 0.877. The van der Waals surface area contributed by atoms with Crippen LogP contribution in [0.5, 0.6) is 5.75 Å². The van der Waals surface area contributed by atoms with Gasteiger partial charge in [-0.2, -0.15) is 0 Å². The first kappa shape index (κ1) is 18.8. The number of para-hydroxylation sites is 1. The van der Waals surface area contributed by atoms with Gasteiger partial charge in [-0.1, -0.05) is 18.6 Å². The van der Waals surface area contributed by atoms with E-state index in [4.69, 9.17) is 15.5 Å². The minimum Gasteiger partial charge on any atom is -0.493 e. The molecule has 1 aromatic carbocycles. The topological polar surface area (TPSA) is 55.8 Å². The molecule has 3 aromatic rings. The fourth-order valence-electron chi connectivity index (χ4n) is 4.38.